The number of hydrogen-bond donors (Lipinski definition) is 3. The second-order valence-electron chi connectivity index (χ2n) is 4.35. The van der Waals surface area contributed by atoms with Crippen molar-refractivity contribution >= 4 is 23.4 Å². The van der Waals surface area contributed by atoms with Crippen molar-refractivity contribution in [2.45, 2.75) is 17.4 Å². The van der Waals surface area contributed by atoms with Crippen molar-refractivity contribution in [1.82, 2.24) is 5.32 Å². The molecule has 0 saturated carbocycles. The van der Waals surface area contributed by atoms with Crippen LogP contribution in [0.25, 0.3) is 0 Å². The van der Waals surface area contributed by atoms with Crippen molar-refractivity contribution in [1.29, 1.82) is 0 Å². The van der Waals surface area contributed by atoms with Gasteiger partial charge in [-0.1, -0.05) is 6.07 Å². The van der Waals surface area contributed by atoms with Crippen LogP contribution in [0.3, 0.4) is 0 Å². The van der Waals surface area contributed by atoms with Crippen molar-refractivity contribution in [3.05, 3.63) is 23.8 Å². The summed E-state index contributed by atoms with van der Waals surface area (Å²) in [5, 5.41) is 16.0. The zero-order valence-corrected chi connectivity index (χ0v) is 10.7. The molecule has 1 aromatic rings. The monoisotopic (exact) mass is 252 g/mol. The van der Waals surface area contributed by atoms with Crippen molar-refractivity contribution < 1.29 is 9.90 Å². The highest BCUT2D eigenvalue weighted by Crippen LogP contribution is 2.34. The van der Waals surface area contributed by atoms with Crippen molar-refractivity contribution in [3.8, 4) is 0 Å². The lowest BCUT2D eigenvalue weighted by atomic mass is 9.95. The third kappa shape index (κ3) is 2.62. The minimum absolute atomic E-state index is 0.00732. The minimum Gasteiger partial charge on any atom is -0.384 e. The predicted octanol–water partition coefficient (Wildman–Crippen LogP) is 1.16. The van der Waals surface area contributed by atoms with E-state index in [1.807, 2.05) is 18.2 Å². The summed E-state index contributed by atoms with van der Waals surface area (Å²) in [7, 11) is 1.80. The SMILES string of the molecule is CNCC(C)(O)c1ccc2c(c1)NC(=O)CS2. The van der Waals surface area contributed by atoms with Gasteiger partial charge in [0, 0.05) is 11.4 Å². The van der Waals surface area contributed by atoms with Crippen molar-refractivity contribution in [3.63, 3.8) is 0 Å². The predicted molar refractivity (Wildman–Crippen MR) is 69.3 cm³/mol. The number of benzene rings is 1. The van der Waals surface area contributed by atoms with E-state index in [4.69, 9.17) is 0 Å². The standard InChI is InChI=1S/C12H16N2O2S/c1-12(16,7-13-2)8-3-4-10-9(5-8)14-11(15)6-17-10/h3-5,13,16H,6-7H2,1-2H3,(H,14,15). The second kappa shape index (κ2) is 4.68. The summed E-state index contributed by atoms with van der Waals surface area (Å²) in [4.78, 5) is 12.4. The highest BCUT2D eigenvalue weighted by atomic mass is 32.2. The lowest BCUT2D eigenvalue weighted by molar-refractivity contribution is -0.113. The Hall–Kier alpha value is -1.04. The molecule has 92 valence electrons. The summed E-state index contributed by atoms with van der Waals surface area (Å²) in [6.45, 7) is 2.22. The Balaban J connectivity index is 2.32. The number of carbonyl (C=O) groups excluding carboxylic acids is 1. The van der Waals surface area contributed by atoms with Gasteiger partial charge in [-0.25, -0.2) is 0 Å². The first-order chi connectivity index (χ1) is 8.03. The van der Waals surface area contributed by atoms with Gasteiger partial charge in [0.25, 0.3) is 0 Å². The molecule has 0 aromatic heterocycles. The number of amides is 1. The molecule has 1 atom stereocenters. The minimum atomic E-state index is -0.934. The van der Waals surface area contributed by atoms with Gasteiger partial charge >= 0.3 is 0 Å². The zero-order valence-electron chi connectivity index (χ0n) is 9.91. The summed E-state index contributed by atoms with van der Waals surface area (Å²) < 4.78 is 0. The molecular weight excluding hydrogens is 236 g/mol. The number of carbonyl (C=O) groups is 1. The van der Waals surface area contributed by atoms with Crippen LogP contribution in [0, 0.1) is 0 Å². The van der Waals surface area contributed by atoms with Crippen LogP contribution in [-0.2, 0) is 10.4 Å². The van der Waals surface area contributed by atoms with Crippen LogP contribution >= 0.6 is 11.8 Å². The fourth-order valence-electron chi connectivity index (χ4n) is 1.86. The smallest absolute Gasteiger partial charge is 0.234 e. The van der Waals surface area contributed by atoms with E-state index in [1.165, 1.54) is 11.8 Å². The largest absolute Gasteiger partial charge is 0.384 e. The van der Waals surface area contributed by atoms with Crippen LogP contribution in [0.15, 0.2) is 23.1 Å². The Morgan fingerprint density at radius 1 is 1.59 bits per heavy atom. The Kier molecular flexibility index (Phi) is 3.42. The molecule has 0 spiro atoms. The van der Waals surface area contributed by atoms with E-state index in [-0.39, 0.29) is 5.91 Å². The molecule has 1 aliphatic heterocycles. The maximum atomic E-state index is 11.3. The molecule has 1 unspecified atom stereocenters. The van der Waals surface area contributed by atoms with Gasteiger partial charge in [-0.3, -0.25) is 4.79 Å². The highest BCUT2D eigenvalue weighted by molar-refractivity contribution is 8.00. The van der Waals surface area contributed by atoms with Crippen LogP contribution in [-0.4, -0.2) is 30.4 Å². The Bertz CT molecular complexity index is 446. The van der Waals surface area contributed by atoms with Gasteiger partial charge in [0.2, 0.25) is 5.91 Å². The highest BCUT2D eigenvalue weighted by Gasteiger charge is 2.24. The average Bonchev–Trinajstić information content (AvgIpc) is 2.28. The van der Waals surface area contributed by atoms with Crippen molar-refractivity contribution in [2.24, 2.45) is 0 Å². The summed E-state index contributed by atoms with van der Waals surface area (Å²) in [5.41, 5.74) is 0.657. The van der Waals surface area contributed by atoms with E-state index >= 15 is 0 Å². The normalized spacial score (nSPS) is 18.2. The zero-order chi connectivity index (χ0) is 12.5. The molecule has 17 heavy (non-hydrogen) atoms. The van der Waals surface area contributed by atoms with Gasteiger partial charge in [-0.15, -0.1) is 11.8 Å². The van der Waals surface area contributed by atoms with Gasteiger partial charge in [0.1, 0.15) is 0 Å². The first-order valence-corrected chi connectivity index (χ1v) is 6.45. The number of rotatable bonds is 3. The molecule has 1 heterocycles. The molecule has 5 heteroatoms. The van der Waals surface area contributed by atoms with Crippen molar-refractivity contribution in [2.75, 3.05) is 24.7 Å². The molecule has 3 N–H and O–H groups in total. The molecule has 1 amide bonds. The maximum absolute atomic E-state index is 11.3. The van der Waals surface area contributed by atoms with Gasteiger partial charge in [0.15, 0.2) is 0 Å². The lowest BCUT2D eigenvalue weighted by Crippen LogP contribution is -2.33. The quantitative estimate of drug-likeness (QED) is 0.755. The van der Waals surface area contributed by atoms with E-state index < -0.39 is 5.60 Å². The number of thioether (sulfide) groups is 1. The maximum Gasteiger partial charge on any atom is 0.234 e. The average molecular weight is 252 g/mol. The number of nitrogens with one attached hydrogen (secondary N) is 2. The van der Waals surface area contributed by atoms with Crippen LogP contribution in [0.5, 0.6) is 0 Å². The molecule has 0 radical (unpaired) electrons. The van der Waals surface area contributed by atoms with E-state index in [0.717, 1.165) is 16.1 Å². The second-order valence-corrected chi connectivity index (χ2v) is 5.37. The first-order valence-electron chi connectivity index (χ1n) is 5.47. The Labute approximate surface area is 105 Å². The van der Waals surface area contributed by atoms with Gasteiger partial charge in [-0.05, 0) is 31.7 Å². The van der Waals surface area contributed by atoms with E-state index in [0.29, 0.717) is 12.3 Å². The number of likely N-dealkylation sites (N-methyl/N-ethyl adjacent to an activating group) is 1. The molecule has 1 aromatic carbocycles. The fraction of sp³-hybridized carbons (Fsp3) is 0.417. The Morgan fingerprint density at radius 2 is 2.35 bits per heavy atom. The summed E-state index contributed by atoms with van der Waals surface area (Å²) in [6.07, 6.45) is 0. The topological polar surface area (TPSA) is 61.4 Å². The summed E-state index contributed by atoms with van der Waals surface area (Å²) in [5.74, 6) is 0.465. The van der Waals surface area contributed by atoms with E-state index in [1.54, 1.807) is 14.0 Å². The van der Waals surface area contributed by atoms with Crippen LogP contribution in [0.2, 0.25) is 0 Å². The van der Waals surface area contributed by atoms with Gasteiger partial charge in [-0.2, -0.15) is 0 Å². The van der Waals surface area contributed by atoms with Gasteiger partial charge < -0.3 is 15.7 Å². The number of fused-ring (bicyclic) bond motifs is 1. The molecule has 0 aliphatic carbocycles. The van der Waals surface area contributed by atoms with E-state index in [9.17, 15) is 9.90 Å². The molecular formula is C12H16N2O2S. The fourth-order valence-corrected chi connectivity index (χ4v) is 2.65. The molecule has 0 saturated heterocycles. The van der Waals surface area contributed by atoms with E-state index in [2.05, 4.69) is 10.6 Å². The third-order valence-corrected chi connectivity index (χ3v) is 3.83. The molecule has 1 aliphatic rings. The molecule has 0 fully saturated rings. The number of anilines is 1. The number of aliphatic hydroxyl groups is 1. The van der Waals surface area contributed by atoms with Gasteiger partial charge in [0.05, 0.1) is 17.0 Å². The summed E-state index contributed by atoms with van der Waals surface area (Å²) in [6, 6.07) is 5.69. The molecule has 4 nitrogen and oxygen atoms in total. The van der Waals surface area contributed by atoms with Crippen LogP contribution < -0.4 is 10.6 Å². The molecule has 2 rings (SSSR count). The van der Waals surface area contributed by atoms with Crippen LogP contribution in [0.4, 0.5) is 5.69 Å². The molecule has 0 bridgehead atoms. The summed E-state index contributed by atoms with van der Waals surface area (Å²) >= 11 is 1.52. The Morgan fingerprint density at radius 3 is 3.06 bits per heavy atom. The third-order valence-electron chi connectivity index (χ3n) is 2.76. The number of hydrogen-bond acceptors (Lipinski definition) is 4. The first kappa shape index (κ1) is 12.4. The lowest BCUT2D eigenvalue weighted by Gasteiger charge is -2.26. The van der Waals surface area contributed by atoms with Crippen LogP contribution in [0.1, 0.15) is 12.5 Å².